The van der Waals surface area contributed by atoms with Gasteiger partial charge in [-0.15, -0.1) is 0 Å². The molecule has 2 nitrogen and oxygen atoms in total. The quantitative estimate of drug-likeness (QED) is 0.780. The second kappa shape index (κ2) is 6.51. The zero-order chi connectivity index (χ0) is 13.5. The van der Waals surface area contributed by atoms with E-state index in [0.717, 1.165) is 22.6 Å². The molecular formula is C17H16O2. The molecule has 0 aliphatic carbocycles. The smallest absolute Gasteiger partial charge is 0.122 e. The fraction of sp³-hybridized carbons (Fsp3) is 0.176. The highest BCUT2D eigenvalue weighted by Crippen LogP contribution is 2.22. The molecule has 2 aromatic carbocycles. The van der Waals surface area contributed by atoms with Gasteiger partial charge in [0.15, 0.2) is 0 Å². The third-order valence-electron chi connectivity index (χ3n) is 2.71. The van der Waals surface area contributed by atoms with Crippen LogP contribution in [-0.2, 0) is 6.42 Å². The number of methoxy groups -OCH3 is 2. The van der Waals surface area contributed by atoms with Crippen LogP contribution in [0.25, 0.3) is 0 Å². The molecule has 2 rings (SSSR count). The lowest BCUT2D eigenvalue weighted by atomic mass is 10.1. The minimum absolute atomic E-state index is 0.669. The molecule has 19 heavy (non-hydrogen) atoms. The van der Waals surface area contributed by atoms with Crippen LogP contribution in [-0.4, -0.2) is 14.2 Å². The SMILES string of the molecule is COc1cc(CC#Cc2ccccc2)cc(OC)c1. The first-order valence-corrected chi connectivity index (χ1v) is 6.07. The molecule has 0 bridgehead atoms. The van der Waals surface area contributed by atoms with E-state index < -0.39 is 0 Å². The van der Waals surface area contributed by atoms with E-state index in [1.165, 1.54) is 0 Å². The second-order valence-electron chi connectivity index (χ2n) is 4.07. The van der Waals surface area contributed by atoms with Crippen LogP contribution < -0.4 is 9.47 Å². The highest BCUT2D eigenvalue weighted by Gasteiger charge is 2.00. The Morgan fingerprint density at radius 1 is 0.895 bits per heavy atom. The first-order chi connectivity index (χ1) is 9.31. The maximum absolute atomic E-state index is 5.23. The van der Waals surface area contributed by atoms with Gasteiger partial charge in [0.2, 0.25) is 0 Å². The minimum atomic E-state index is 0.669. The summed E-state index contributed by atoms with van der Waals surface area (Å²) in [6.45, 7) is 0. The van der Waals surface area contributed by atoms with Crippen LogP contribution in [0, 0.1) is 11.8 Å². The van der Waals surface area contributed by atoms with E-state index in [4.69, 9.17) is 9.47 Å². The fourth-order valence-electron chi connectivity index (χ4n) is 1.74. The first kappa shape index (κ1) is 13.0. The molecule has 0 spiro atoms. The van der Waals surface area contributed by atoms with Gasteiger partial charge < -0.3 is 9.47 Å². The molecule has 0 saturated heterocycles. The maximum Gasteiger partial charge on any atom is 0.122 e. The molecule has 0 saturated carbocycles. The molecule has 0 amide bonds. The van der Waals surface area contributed by atoms with Gasteiger partial charge in [-0.2, -0.15) is 0 Å². The lowest BCUT2D eigenvalue weighted by Gasteiger charge is -2.06. The van der Waals surface area contributed by atoms with Gasteiger partial charge in [-0.1, -0.05) is 30.0 Å². The van der Waals surface area contributed by atoms with Crippen LogP contribution in [0.5, 0.6) is 11.5 Å². The van der Waals surface area contributed by atoms with Crippen molar-refractivity contribution in [2.24, 2.45) is 0 Å². The topological polar surface area (TPSA) is 18.5 Å². The van der Waals surface area contributed by atoms with E-state index in [1.54, 1.807) is 14.2 Å². The van der Waals surface area contributed by atoms with E-state index in [0.29, 0.717) is 6.42 Å². The Morgan fingerprint density at radius 2 is 1.53 bits per heavy atom. The molecule has 2 aromatic rings. The summed E-state index contributed by atoms with van der Waals surface area (Å²) < 4.78 is 10.5. The van der Waals surface area contributed by atoms with Gasteiger partial charge in [0.05, 0.1) is 14.2 Å². The van der Waals surface area contributed by atoms with Crippen molar-refractivity contribution in [3.05, 3.63) is 59.7 Å². The van der Waals surface area contributed by atoms with Crippen molar-refractivity contribution in [1.82, 2.24) is 0 Å². The van der Waals surface area contributed by atoms with Crippen LogP contribution >= 0.6 is 0 Å². The summed E-state index contributed by atoms with van der Waals surface area (Å²) in [5, 5.41) is 0. The minimum Gasteiger partial charge on any atom is -0.497 e. The highest BCUT2D eigenvalue weighted by molar-refractivity contribution is 5.41. The molecule has 2 heteroatoms. The molecule has 0 aliphatic heterocycles. The average Bonchev–Trinajstić information content (AvgIpc) is 2.48. The first-order valence-electron chi connectivity index (χ1n) is 6.07. The summed E-state index contributed by atoms with van der Waals surface area (Å²) in [5.41, 5.74) is 2.11. The Balaban J connectivity index is 2.13. The van der Waals surface area contributed by atoms with E-state index in [-0.39, 0.29) is 0 Å². The van der Waals surface area contributed by atoms with Crippen molar-refractivity contribution < 1.29 is 9.47 Å². The highest BCUT2D eigenvalue weighted by atomic mass is 16.5. The lowest BCUT2D eigenvalue weighted by Crippen LogP contribution is -1.90. The number of benzene rings is 2. The number of hydrogen-bond donors (Lipinski definition) is 0. The second-order valence-corrected chi connectivity index (χ2v) is 4.07. The fourth-order valence-corrected chi connectivity index (χ4v) is 1.74. The summed E-state index contributed by atoms with van der Waals surface area (Å²) in [6.07, 6.45) is 0.669. The Labute approximate surface area is 114 Å². The predicted molar refractivity (Wildman–Crippen MR) is 76.6 cm³/mol. The van der Waals surface area contributed by atoms with Gasteiger partial charge in [0.1, 0.15) is 11.5 Å². The normalized spacial score (nSPS) is 9.37. The van der Waals surface area contributed by atoms with Crippen LogP contribution in [0.15, 0.2) is 48.5 Å². The van der Waals surface area contributed by atoms with Crippen LogP contribution in [0.2, 0.25) is 0 Å². The standard InChI is InChI=1S/C17H16O2/c1-18-16-11-15(12-17(13-16)19-2)10-6-9-14-7-4-3-5-8-14/h3-5,7-8,11-13H,10H2,1-2H3. The van der Waals surface area contributed by atoms with Gasteiger partial charge in [-0.25, -0.2) is 0 Å². The van der Waals surface area contributed by atoms with Crippen molar-refractivity contribution in [2.45, 2.75) is 6.42 Å². The van der Waals surface area contributed by atoms with E-state index in [1.807, 2.05) is 48.5 Å². The van der Waals surface area contributed by atoms with Crippen molar-refractivity contribution in [2.75, 3.05) is 14.2 Å². The van der Waals surface area contributed by atoms with Crippen LogP contribution in [0.1, 0.15) is 11.1 Å². The summed E-state index contributed by atoms with van der Waals surface area (Å²) in [5.74, 6) is 7.87. The summed E-state index contributed by atoms with van der Waals surface area (Å²) in [7, 11) is 3.29. The molecular weight excluding hydrogens is 236 g/mol. The monoisotopic (exact) mass is 252 g/mol. The largest absolute Gasteiger partial charge is 0.497 e. The number of rotatable bonds is 3. The van der Waals surface area contributed by atoms with Gasteiger partial charge in [-0.3, -0.25) is 0 Å². The molecule has 0 atom stereocenters. The van der Waals surface area contributed by atoms with E-state index >= 15 is 0 Å². The predicted octanol–water partition coefficient (Wildman–Crippen LogP) is 3.30. The number of hydrogen-bond acceptors (Lipinski definition) is 2. The van der Waals surface area contributed by atoms with Crippen molar-refractivity contribution in [1.29, 1.82) is 0 Å². The van der Waals surface area contributed by atoms with Gasteiger partial charge in [-0.05, 0) is 29.8 Å². The lowest BCUT2D eigenvalue weighted by molar-refractivity contribution is 0.393. The van der Waals surface area contributed by atoms with Crippen LogP contribution in [0.3, 0.4) is 0 Å². The van der Waals surface area contributed by atoms with Gasteiger partial charge >= 0.3 is 0 Å². The summed E-state index contributed by atoms with van der Waals surface area (Å²) in [4.78, 5) is 0. The van der Waals surface area contributed by atoms with Crippen LogP contribution in [0.4, 0.5) is 0 Å². The van der Waals surface area contributed by atoms with E-state index in [9.17, 15) is 0 Å². The molecule has 0 heterocycles. The number of ether oxygens (including phenoxy) is 2. The molecule has 0 aromatic heterocycles. The van der Waals surface area contributed by atoms with Crippen molar-refractivity contribution in [3.8, 4) is 23.3 Å². The summed E-state index contributed by atoms with van der Waals surface area (Å²) >= 11 is 0. The van der Waals surface area contributed by atoms with E-state index in [2.05, 4.69) is 11.8 Å². The third kappa shape index (κ3) is 3.79. The molecule has 0 N–H and O–H groups in total. The van der Waals surface area contributed by atoms with Crippen molar-refractivity contribution in [3.63, 3.8) is 0 Å². The third-order valence-corrected chi connectivity index (χ3v) is 2.71. The van der Waals surface area contributed by atoms with Crippen molar-refractivity contribution >= 4 is 0 Å². The molecule has 96 valence electrons. The Hall–Kier alpha value is -2.40. The maximum atomic E-state index is 5.23. The Morgan fingerprint density at radius 3 is 2.11 bits per heavy atom. The Bertz CT molecular complexity index is 569. The molecule has 0 radical (unpaired) electrons. The Kier molecular flexibility index (Phi) is 4.47. The van der Waals surface area contributed by atoms with Gasteiger partial charge in [0, 0.05) is 18.1 Å². The average molecular weight is 252 g/mol. The molecule has 0 fully saturated rings. The zero-order valence-corrected chi connectivity index (χ0v) is 11.1. The molecule has 0 unspecified atom stereocenters. The molecule has 0 aliphatic rings. The summed E-state index contributed by atoms with van der Waals surface area (Å²) in [6, 6.07) is 15.8. The zero-order valence-electron chi connectivity index (χ0n) is 11.1. The van der Waals surface area contributed by atoms with Gasteiger partial charge in [0.25, 0.3) is 0 Å².